The second kappa shape index (κ2) is 4.34. The molecule has 0 saturated heterocycles. The molecule has 0 unspecified atom stereocenters. The molecule has 5 nitrogen and oxygen atoms in total. The quantitative estimate of drug-likeness (QED) is 0.631. The molecule has 10 heteroatoms. The molecule has 0 aromatic heterocycles. The van der Waals surface area contributed by atoms with Crippen molar-refractivity contribution >= 4 is 27.8 Å². The van der Waals surface area contributed by atoms with Gasteiger partial charge in [0.2, 0.25) is 0 Å². The van der Waals surface area contributed by atoms with Crippen molar-refractivity contribution in [2.45, 2.75) is 24.1 Å². The summed E-state index contributed by atoms with van der Waals surface area (Å²) in [6.07, 6.45) is 0. The van der Waals surface area contributed by atoms with E-state index in [1.165, 1.54) is 13.8 Å². The number of hydrogen-bond acceptors (Lipinski definition) is 5. The van der Waals surface area contributed by atoms with Gasteiger partial charge in [0.15, 0.2) is 0 Å². The predicted octanol–water partition coefficient (Wildman–Crippen LogP) is 1.72. The van der Waals surface area contributed by atoms with Crippen LogP contribution in [0.1, 0.15) is 13.8 Å². The molecule has 1 aliphatic rings. The molecule has 1 heterocycles. The first-order chi connectivity index (χ1) is 7.88. The molecule has 0 aromatic rings. The molecule has 18 heavy (non-hydrogen) atoms. The van der Waals surface area contributed by atoms with E-state index < -0.39 is 37.7 Å². The van der Waals surface area contributed by atoms with Crippen LogP contribution in [0.15, 0.2) is 11.3 Å². The molecule has 1 rings (SSSR count). The third kappa shape index (κ3) is 2.74. The fourth-order valence-electron chi connectivity index (χ4n) is 1.21. The fourth-order valence-corrected chi connectivity index (χ4v) is 2.94. The molecule has 0 saturated carbocycles. The van der Waals surface area contributed by atoms with E-state index in [2.05, 4.69) is 4.18 Å². The Morgan fingerprint density at radius 1 is 1.44 bits per heavy atom. The van der Waals surface area contributed by atoms with E-state index in [4.69, 9.17) is 5.11 Å². The zero-order valence-corrected chi connectivity index (χ0v) is 10.9. The molecule has 0 fully saturated rings. The standard InChI is InChI=1S/C8H9F3O5S2/c1-7(2)5(4(3-17-7)6(12)13)16-18(14,15)8(9,10)11/h3H2,1-2H3,(H,12,13). The van der Waals surface area contributed by atoms with Gasteiger partial charge in [-0.15, -0.1) is 11.8 Å². The third-order valence-corrected chi connectivity index (χ3v) is 4.43. The minimum absolute atomic E-state index is 0.120. The summed E-state index contributed by atoms with van der Waals surface area (Å²) in [7, 11) is -5.85. The zero-order chi connectivity index (χ0) is 14.4. The second-order valence-corrected chi connectivity index (χ2v) is 7.03. The number of alkyl halides is 3. The molecule has 1 aliphatic heterocycles. The summed E-state index contributed by atoms with van der Waals surface area (Å²) in [5.41, 5.74) is -6.06. The minimum Gasteiger partial charge on any atom is -0.478 e. The first-order valence-corrected chi connectivity index (χ1v) is 6.89. The van der Waals surface area contributed by atoms with Crippen molar-refractivity contribution in [3.05, 3.63) is 11.3 Å². The van der Waals surface area contributed by atoms with Crippen LogP contribution in [0.4, 0.5) is 13.2 Å². The minimum atomic E-state index is -5.85. The van der Waals surface area contributed by atoms with Gasteiger partial charge < -0.3 is 9.29 Å². The van der Waals surface area contributed by atoms with Crippen molar-refractivity contribution in [3.63, 3.8) is 0 Å². The first-order valence-electron chi connectivity index (χ1n) is 4.50. The van der Waals surface area contributed by atoms with Gasteiger partial charge in [-0.1, -0.05) is 0 Å². The van der Waals surface area contributed by atoms with Crippen LogP contribution in [-0.2, 0) is 19.1 Å². The molecule has 0 radical (unpaired) electrons. The fraction of sp³-hybridized carbons (Fsp3) is 0.625. The summed E-state index contributed by atoms with van der Waals surface area (Å²) >= 11 is 0.984. The Labute approximate surface area is 105 Å². The van der Waals surface area contributed by atoms with E-state index in [0.29, 0.717) is 0 Å². The van der Waals surface area contributed by atoms with Gasteiger partial charge in [-0.25, -0.2) is 4.79 Å². The maximum atomic E-state index is 12.2. The maximum absolute atomic E-state index is 12.2. The average molecular weight is 306 g/mol. The average Bonchev–Trinajstić information content (AvgIpc) is 2.40. The van der Waals surface area contributed by atoms with E-state index in [1.807, 2.05) is 0 Å². The zero-order valence-electron chi connectivity index (χ0n) is 9.24. The van der Waals surface area contributed by atoms with Crippen LogP contribution in [0, 0.1) is 0 Å². The predicted molar refractivity (Wildman–Crippen MR) is 57.3 cm³/mol. The third-order valence-electron chi connectivity index (χ3n) is 2.13. The molecule has 0 aromatic carbocycles. The van der Waals surface area contributed by atoms with Crippen LogP contribution in [-0.4, -0.2) is 35.5 Å². The Bertz CT molecular complexity index is 503. The first kappa shape index (κ1) is 15.2. The van der Waals surface area contributed by atoms with Gasteiger partial charge in [0.1, 0.15) is 5.76 Å². The van der Waals surface area contributed by atoms with Gasteiger partial charge >= 0.3 is 21.6 Å². The van der Waals surface area contributed by atoms with Gasteiger partial charge in [-0.2, -0.15) is 21.6 Å². The van der Waals surface area contributed by atoms with Gasteiger partial charge in [-0.3, -0.25) is 0 Å². The van der Waals surface area contributed by atoms with E-state index in [-0.39, 0.29) is 5.75 Å². The monoisotopic (exact) mass is 306 g/mol. The van der Waals surface area contributed by atoms with Crippen LogP contribution in [0.3, 0.4) is 0 Å². The maximum Gasteiger partial charge on any atom is 0.534 e. The van der Waals surface area contributed by atoms with Crippen molar-refractivity contribution in [2.24, 2.45) is 0 Å². The van der Waals surface area contributed by atoms with Gasteiger partial charge in [0, 0.05) is 5.75 Å². The highest BCUT2D eigenvalue weighted by molar-refractivity contribution is 8.01. The van der Waals surface area contributed by atoms with Crippen LogP contribution in [0.2, 0.25) is 0 Å². The molecule has 1 N–H and O–H groups in total. The van der Waals surface area contributed by atoms with E-state index in [0.717, 1.165) is 11.8 Å². The number of thioether (sulfide) groups is 1. The van der Waals surface area contributed by atoms with Crippen molar-refractivity contribution in [1.29, 1.82) is 0 Å². The molecular weight excluding hydrogens is 297 g/mol. The highest BCUT2D eigenvalue weighted by Gasteiger charge is 2.52. The topological polar surface area (TPSA) is 80.7 Å². The lowest BCUT2D eigenvalue weighted by Crippen LogP contribution is -2.29. The normalized spacial score (nSPS) is 20.1. The van der Waals surface area contributed by atoms with Crippen molar-refractivity contribution in [1.82, 2.24) is 0 Å². The van der Waals surface area contributed by atoms with Crippen LogP contribution < -0.4 is 0 Å². The van der Waals surface area contributed by atoms with E-state index >= 15 is 0 Å². The summed E-state index contributed by atoms with van der Waals surface area (Å²) in [6.45, 7) is 2.77. The number of carbonyl (C=O) groups is 1. The van der Waals surface area contributed by atoms with Gasteiger partial charge in [0.05, 0.1) is 10.3 Å². The summed E-state index contributed by atoms with van der Waals surface area (Å²) in [5, 5.41) is 8.79. The summed E-state index contributed by atoms with van der Waals surface area (Å²) in [6, 6.07) is 0. The van der Waals surface area contributed by atoms with Crippen molar-refractivity contribution in [2.75, 3.05) is 5.75 Å². The van der Waals surface area contributed by atoms with Crippen LogP contribution >= 0.6 is 11.8 Å². The Hall–Kier alpha value is -0.900. The smallest absolute Gasteiger partial charge is 0.478 e. The molecule has 0 bridgehead atoms. The number of hydrogen-bond donors (Lipinski definition) is 1. The molecule has 0 amide bonds. The summed E-state index contributed by atoms with van der Waals surface area (Å²) < 4.78 is 61.1. The van der Waals surface area contributed by atoms with Crippen molar-refractivity contribution < 1.29 is 35.7 Å². The summed E-state index contributed by atoms with van der Waals surface area (Å²) in [5.74, 6) is -2.30. The number of carboxylic acids is 1. The Morgan fingerprint density at radius 2 is 1.94 bits per heavy atom. The summed E-state index contributed by atoms with van der Waals surface area (Å²) in [4.78, 5) is 10.8. The highest BCUT2D eigenvalue weighted by atomic mass is 32.2. The lowest BCUT2D eigenvalue weighted by molar-refractivity contribution is -0.132. The second-order valence-electron chi connectivity index (χ2n) is 3.90. The highest BCUT2D eigenvalue weighted by Crippen LogP contribution is 2.44. The van der Waals surface area contributed by atoms with Gasteiger partial charge in [0.25, 0.3) is 0 Å². The number of rotatable bonds is 3. The van der Waals surface area contributed by atoms with E-state index in [1.54, 1.807) is 0 Å². The van der Waals surface area contributed by atoms with E-state index in [9.17, 15) is 26.4 Å². The largest absolute Gasteiger partial charge is 0.534 e. The van der Waals surface area contributed by atoms with Gasteiger partial charge in [-0.05, 0) is 13.8 Å². The SMILES string of the molecule is CC1(C)SCC(C(=O)O)=C1OS(=O)(=O)C(F)(F)F. The Morgan fingerprint density at radius 3 is 2.33 bits per heavy atom. The lowest BCUT2D eigenvalue weighted by atomic mass is 10.1. The molecule has 0 aliphatic carbocycles. The van der Waals surface area contributed by atoms with Crippen molar-refractivity contribution in [3.8, 4) is 0 Å². The lowest BCUT2D eigenvalue weighted by Gasteiger charge is -2.21. The number of carboxylic acid groups (broad SMARTS) is 1. The number of halogens is 3. The van der Waals surface area contributed by atoms with Crippen LogP contribution in [0.5, 0.6) is 0 Å². The Kier molecular flexibility index (Phi) is 3.65. The Balaban J connectivity index is 3.23. The molecular formula is C8H9F3O5S2. The molecule has 0 spiro atoms. The number of aliphatic carboxylic acids is 1. The molecule has 104 valence electrons. The van der Waals surface area contributed by atoms with Crippen LogP contribution in [0.25, 0.3) is 0 Å². The molecule has 0 atom stereocenters.